The van der Waals surface area contributed by atoms with Crippen molar-refractivity contribution in [3.8, 4) is 0 Å². The van der Waals surface area contributed by atoms with Crippen molar-refractivity contribution >= 4 is 18.0 Å². The van der Waals surface area contributed by atoms with Gasteiger partial charge in [0.15, 0.2) is 0 Å². The maximum Gasteiger partial charge on any atom is 0.410 e. The fraction of sp³-hybridized carbons (Fsp3) is 0.550. The zero-order valence-corrected chi connectivity index (χ0v) is 16.7. The van der Waals surface area contributed by atoms with Crippen LogP contribution in [0.1, 0.15) is 44.0 Å². The van der Waals surface area contributed by atoms with Crippen molar-refractivity contribution in [2.45, 2.75) is 45.3 Å². The Labute approximate surface area is 164 Å². The first-order valence-electron chi connectivity index (χ1n) is 9.22. The van der Waals surface area contributed by atoms with Gasteiger partial charge in [0.25, 0.3) is 5.91 Å². The quantitative estimate of drug-likeness (QED) is 0.734. The Morgan fingerprint density at radius 1 is 1.14 bits per heavy atom. The fourth-order valence-corrected chi connectivity index (χ4v) is 3.02. The standard InChI is InChI=1S/C20H27FN2O5/c1-20(2,3)28-19(26)22-11-9-16(10-12-22)23(13-17(24)27-4)18(25)14-5-7-15(21)8-6-14/h5-8,16H,9-13H2,1-4H3. The average molecular weight is 394 g/mol. The van der Waals surface area contributed by atoms with Gasteiger partial charge in [-0.05, 0) is 57.9 Å². The molecule has 0 bridgehead atoms. The van der Waals surface area contributed by atoms with Crippen LogP contribution in [0, 0.1) is 5.82 Å². The zero-order chi connectivity index (χ0) is 20.9. The van der Waals surface area contributed by atoms with Crippen LogP contribution in [0.25, 0.3) is 0 Å². The first-order chi connectivity index (χ1) is 13.1. The summed E-state index contributed by atoms with van der Waals surface area (Å²) >= 11 is 0. The highest BCUT2D eigenvalue weighted by Crippen LogP contribution is 2.21. The molecule has 0 aromatic heterocycles. The first kappa shape index (κ1) is 21.7. The molecule has 1 fully saturated rings. The highest BCUT2D eigenvalue weighted by Gasteiger charge is 2.33. The molecule has 0 saturated carbocycles. The van der Waals surface area contributed by atoms with Crippen LogP contribution in [0.4, 0.5) is 9.18 Å². The Morgan fingerprint density at radius 3 is 2.21 bits per heavy atom. The normalized spacial score (nSPS) is 15.1. The van der Waals surface area contributed by atoms with Gasteiger partial charge in [0.05, 0.1) is 7.11 Å². The van der Waals surface area contributed by atoms with Crippen molar-refractivity contribution < 1.29 is 28.2 Å². The Hall–Kier alpha value is -2.64. The SMILES string of the molecule is COC(=O)CN(C(=O)c1ccc(F)cc1)C1CCN(C(=O)OC(C)(C)C)CC1. The average Bonchev–Trinajstić information content (AvgIpc) is 2.64. The van der Waals surface area contributed by atoms with Gasteiger partial charge in [-0.3, -0.25) is 9.59 Å². The van der Waals surface area contributed by atoms with Gasteiger partial charge in [0, 0.05) is 24.7 Å². The van der Waals surface area contributed by atoms with Crippen molar-refractivity contribution in [1.82, 2.24) is 9.80 Å². The second-order valence-electron chi connectivity index (χ2n) is 7.71. The number of methoxy groups -OCH3 is 1. The molecule has 1 heterocycles. The second kappa shape index (κ2) is 9.03. The van der Waals surface area contributed by atoms with Gasteiger partial charge in [-0.2, -0.15) is 0 Å². The molecule has 8 heteroatoms. The number of nitrogens with zero attached hydrogens (tertiary/aromatic N) is 2. The molecule has 1 aromatic carbocycles. The van der Waals surface area contributed by atoms with Crippen molar-refractivity contribution in [3.63, 3.8) is 0 Å². The zero-order valence-electron chi connectivity index (χ0n) is 16.7. The van der Waals surface area contributed by atoms with Crippen LogP contribution in [-0.4, -0.2) is 66.2 Å². The van der Waals surface area contributed by atoms with Crippen molar-refractivity contribution in [2.24, 2.45) is 0 Å². The van der Waals surface area contributed by atoms with Crippen molar-refractivity contribution in [2.75, 3.05) is 26.7 Å². The topological polar surface area (TPSA) is 76.2 Å². The summed E-state index contributed by atoms with van der Waals surface area (Å²) in [7, 11) is 1.26. The smallest absolute Gasteiger partial charge is 0.410 e. The number of ether oxygens (including phenoxy) is 2. The first-order valence-corrected chi connectivity index (χ1v) is 9.22. The van der Waals surface area contributed by atoms with Crippen LogP contribution in [-0.2, 0) is 14.3 Å². The third-order valence-corrected chi connectivity index (χ3v) is 4.44. The summed E-state index contributed by atoms with van der Waals surface area (Å²) in [4.78, 5) is 40.0. The number of amides is 2. The van der Waals surface area contributed by atoms with E-state index in [1.54, 1.807) is 25.7 Å². The molecule has 1 aromatic rings. The molecule has 7 nitrogen and oxygen atoms in total. The van der Waals surface area contributed by atoms with E-state index in [2.05, 4.69) is 0 Å². The summed E-state index contributed by atoms with van der Waals surface area (Å²) in [5.41, 5.74) is -0.288. The molecule has 0 atom stereocenters. The molecule has 2 amide bonds. The van der Waals surface area contributed by atoms with E-state index in [0.29, 0.717) is 31.5 Å². The molecule has 1 aliphatic heterocycles. The van der Waals surface area contributed by atoms with Gasteiger partial charge in [-0.1, -0.05) is 0 Å². The van der Waals surface area contributed by atoms with E-state index in [4.69, 9.17) is 9.47 Å². The van der Waals surface area contributed by atoms with Crippen LogP contribution in [0.3, 0.4) is 0 Å². The predicted octanol–water partition coefficient (Wildman–Crippen LogP) is 2.84. The maximum atomic E-state index is 13.2. The summed E-state index contributed by atoms with van der Waals surface area (Å²) in [6, 6.07) is 4.94. The lowest BCUT2D eigenvalue weighted by Crippen LogP contribution is -2.51. The van der Waals surface area contributed by atoms with Gasteiger partial charge in [-0.25, -0.2) is 9.18 Å². The number of halogens is 1. The number of likely N-dealkylation sites (tertiary alicyclic amines) is 1. The molecule has 0 N–H and O–H groups in total. The van der Waals surface area contributed by atoms with Crippen LogP contribution >= 0.6 is 0 Å². The van der Waals surface area contributed by atoms with Crippen molar-refractivity contribution in [3.05, 3.63) is 35.6 Å². The number of hydrogen-bond donors (Lipinski definition) is 0. The Balaban J connectivity index is 2.08. The number of esters is 1. The molecule has 0 radical (unpaired) electrons. The van der Waals surface area contributed by atoms with Gasteiger partial charge in [-0.15, -0.1) is 0 Å². The number of carbonyl (C=O) groups is 3. The van der Waals surface area contributed by atoms with Crippen LogP contribution < -0.4 is 0 Å². The third kappa shape index (κ3) is 5.94. The number of carbonyl (C=O) groups excluding carboxylic acids is 3. The number of hydrogen-bond acceptors (Lipinski definition) is 5. The largest absolute Gasteiger partial charge is 0.468 e. The third-order valence-electron chi connectivity index (χ3n) is 4.44. The summed E-state index contributed by atoms with van der Waals surface area (Å²) in [5.74, 6) is -1.35. The molecule has 1 aliphatic rings. The van der Waals surface area contributed by atoms with Gasteiger partial charge >= 0.3 is 12.1 Å². The van der Waals surface area contributed by atoms with E-state index in [1.165, 1.54) is 36.3 Å². The second-order valence-corrected chi connectivity index (χ2v) is 7.71. The summed E-state index contributed by atoms with van der Waals surface area (Å²) in [5, 5.41) is 0. The Bertz CT molecular complexity index is 706. The molecule has 1 saturated heterocycles. The van der Waals surface area contributed by atoms with E-state index < -0.39 is 23.5 Å². The molecule has 28 heavy (non-hydrogen) atoms. The molecule has 2 rings (SSSR count). The molecular weight excluding hydrogens is 367 g/mol. The Morgan fingerprint density at radius 2 is 1.71 bits per heavy atom. The van der Waals surface area contributed by atoms with Crippen molar-refractivity contribution in [1.29, 1.82) is 0 Å². The van der Waals surface area contributed by atoms with E-state index >= 15 is 0 Å². The van der Waals surface area contributed by atoms with Gasteiger partial charge in [0.2, 0.25) is 0 Å². The fourth-order valence-electron chi connectivity index (χ4n) is 3.02. The lowest BCUT2D eigenvalue weighted by atomic mass is 10.0. The molecule has 0 aliphatic carbocycles. The minimum Gasteiger partial charge on any atom is -0.468 e. The van der Waals surface area contributed by atoms with Gasteiger partial charge < -0.3 is 19.3 Å². The van der Waals surface area contributed by atoms with Gasteiger partial charge in [0.1, 0.15) is 18.0 Å². The predicted molar refractivity (Wildman–Crippen MR) is 100 cm³/mol. The van der Waals surface area contributed by atoms with E-state index in [1.807, 2.05) is 0 Å². The van der Waals surface area contributed by atoms with Crippen LogP contribution in [0.5, 0.6) is 0 Å². The van der Waals surface area contributed by atoms with E-state index in [0.717, 1.165) is 0 Å². The summed E-state index contributed by atoms with van der Waals surface area (Å²) < 4.78 is 23.3. The molecule has 0 unspecified atom stereocenters. The summed E-state index contributed by atoms with van der Waals surface area (Å²) in [6.07, 6.45) is 0.613. The monoisotopic (exact) mass is 394 g/mol. The lowest BCUT2D eigenvalue weighted by Gasteiger charge is -2.38. The van der Waals surface area contributed by atoms with Crippen LogP contribution in [0.15, 0.2) is 24.3 Å². The molecule has 0 spiro atoms. The number of benzene rings is 1. The summed E-state index contributed by atoms with van der Waals surface area (Å²) in [6.45, 7) is 6.02. The van der Waals surface area contributed by atoms with E-state index in [-0.39, 0.29) is 18.5 Å². The number of piperidine rings is 1. The highest BCUT2D eigenvalue weighted by molar-refractivity contribution is 5.96. The van der Waals surface area contributed by atoms with E-state index in [9.17, 15) is 18.8 Å². The van der Waals surface area contributed by atoms with Crippen LogP contribution in [0.2, 0.25) is 0 Å². The number of rotatable bonds is 4. The molecular formula is C20H27FN2O5. The minimum absolute atomic E-state index is 0.205. The maximum absolute atomic E-state index is 13.2. The molecule has 154 valence electrons. The lowest BCUT2D eigenvalue weighted by molar-refractivity contribution is -0.142. The Kier molecular flexibility index (Phi) is 6.99. The highest BCUT2D eigenvalue weighted by atomic mass is 19.1. The minimum atomic E-state index is -0.580.